The van der Waals surface area contributed by atoms with Crippen LogP contribution in [0.15, 0.2) is 42.0 Å². The monoisotopic (exact) mass is 724 g/mol. The van der Waals surface area contributed by atoms with Gasteiger partial charge < -0.3 is 39.4 Å². The molecule has 12 nitrogen and oxygen atoms in total. The molecule has 2 aromatic carbocycles. The van der Waals surface area contributed by atoms with E-state index in [1.54, 1.807) is 31.2 Å². The number of halogens is 1. The summed E-state index contributed by atoms with van der Waals surface area (Å²) >= 11 is 1.97. The number of hydrogen-bond donors (Lipinski definition) is 3. The average Bonchev–Trinajstić information content (AvgIpc) is 3.04. The predicted molar refractivity (Wildman–Crippen MR) is 168 cm³/mol. The second-order valence-corrected chi connectivity index (χ2v) is 11.0. The zero-order valence-electron chi connectivity index (χ0n) is 25.0. The van der Waals surface area contributed by atoms with Crippen molar-refractivity contribution in [3.63, 3.8) is 0 Å². The molecule has 1 aliphatic rings. The van der Waals surface area contributed by atoms with Gasteiger partial charge in [-0.25, -0.2) is 0 Å². The quantitative estimate of drug-likeness (QED) is 0.141. The largest absolute Gasteiger partial charge is 0.497 e. The maximum absolute atomic E-state index is 13.5. The third-order valence-electron chi connectivity index (χ3n) is 7.19. The predicted octanol–water partition coefficient (Wildman–Crippen LogP) is 2.10. The first kappa shape index (κ1) is 34.8. The summed E-state index contributed by atoms with van der Waals surface area (Å²) in [6.45, 7) is 1.27. The van der Waals surface area contributed by atoms with Crippen LogP contribution in [-0.2, 0) is 20.8 Å². The summed E-state index contributed by atoms with van der Waals surface area (Å²) in [4.78, 5) is 52.0. The smallest absolute Gasteiger partial charge is 0.290 e. The highest BCUT2D eigenvalue weighted by atomic mass is 127. The minimum absolute atomic E-state index is 0.00295. The van der Waals surface area contributed by atoms with Crippen LogP contribution < -0.4 is 24.3 Å². The van der Waals surface area contributed by atoms with E-state index in [-0.39, 0.29) is 56.0 Å². The zero-order valence-corrected chi connectivity index (χ0v) is 27.2. The van der Waals surface area contributed by atoms with Crippen LogP contribution in [-0.4, -0.2) is 98.3 Å². The lowest BCUT2D eigenvalue weighted by atomic mass is 9.87. The molecule has 0 aliphatic heterocycles. The highest BCUT2D eigenvalue weighted by molar-refractivity contribution is 14.1. The van der Waals surface area contributed by atoms with Crippen LogP contribution in [0.1, 0.15) is 35.7 Å². The Labute approximate surface area is 269 Å². The van der Waals surface area contributed by atoms with Crippen molar-refractivity contribution >= 4 is 46.5 Å². The molecule has 1 aliphatic carbocycles. The van der Waals surface area contributed by atoms with Crippen LogP contribution >= 0.6 is 22.6 Å². The number of ether oxygens (including phenoxy) is 4. The molecule has 13 heteroatoms. The number of carbonyl (C=O) groups excluding carboxylic acids is 4. The van der Waals surface area contributed by atoms with E-state index in [2.05, 4.69) is 5.32 Å². The van der Waals surface area contributed by atoms with Crippen molar-refractivity contribution in [1.82, 2.24) is 10.2 Å². The number of carbonyl (C=O) groups is 4. The first-order valence-corrected chi connectivity index (χ1v) is 15.0. The fourth-order valence-corrected chi connectivity index (χ4v) is 5.64. The summed E-state index contributed by atoms with van der Waals surface area (Å²) in [5.41, 5.74) is 1.25. The molecule has 44 heavy (non-hydrogen) atoms. The van der Waals surface area contributed by atoms with Crippen molar-refractivity contribution in [3.8, 4) is 23.0 Å². The van der Waals surface area contributed by atoms with Crippen molar-refractivity contribution in [2.24, 2.45) is 0 Å². The number of hydrogen-bond acceptors (Lipinski definition) is 10. The van der Waals surface area contributed by atoms with Crippen LogP contribution in [0.25, 0.3) is 0 Å². The summed E-state index contributed by atoms with van der Waals surface area (Å²) in [7, 11) is 4.44. The number of methoxy groups -OCH3 is 3. The number of nitrogens with zero attached hydrogens (tertiary/aromatic N) is 1. The Morgan fingerprint density at radius 2 is 1.82 bits per heavy atom. The second-order valence-electron chi connectivity index (χ2n) is 9.87. The lowest BCUT2D eigenvalue weighted by Crippen LogP contribution is -2.56. The maximum Gasteiger partial charge on any atom is 0.290 e. The van der Waals surface area contributed by atoms with E-state index in [4.69, 9.17) is 18.9 Å². The number of aliphatic hydroxyl groups is 2. The van der Waals surface area contributed by atoms with Gasteiger partial charge in [0.05, 0.1) is 37.5 Å². The standard InChI is InChI=1S/C31H37IN2O10/c1-5-24(37)31(40)34(10-8-19-14-21(41-2)6-7-25(19)42-3)23-15-20(30(39)33-9-11-35)16-26(28(23)38)44-29-22(32)12-18(17-36)13-27(29)43-4/h6-7,12-14,16-17,23,26,28,35,38H,5,8-11,15H2,1-4H3,(H,33,39)/t23-,26+,28+/m1/s1. The minimum Gasteiger partial charge on any atom is -0.497 e. The molecule has 0 spiro atoms. The summed E-state index contributed by atoms with van der Waals surface area (Å²) in [6, 6.07) is 7.24. The molecule has 0 bridgehead atoms. The number of nitrogens with one attached hydrogen (secondary N) is 1. The Morgan fingerprint density at radius 3 is 2.43 bits per heavy atom. The molecule has 0 saturated heterocycles. The van der Waals surface area contributed by atoms with Gasteiger partial charge in [-0.1, -0.05) is 6.92 Å². The van der Waals surface area contributed by atoms with Crippen LogP contribution in [0, 0.1) is 3.57 Å². The van der Waals surface area contributed by atoms with E-state index in [1.165, 1.54) is 38.4 Å². The third kappa shape index (κ3) is 8.27. The summed E-state index contributed by atoms with van der Waals surface area (Å²) in [5.74, 6) is -0.415. The van der Waals surface area contributed by atoms with Crippen LogP contribution in [0.3, 0.4) is 0 Å². The average molecular weight is 725 g/mol. The van der Waals surface area contributed by atoms with Gasteiger partial charge in [0.2, 0.25) is 11.7 Å². The first-order valence-electron chi connectivity index (χ1n) is 13.9. The maximum atomic E-state index is 13.5. The van der Waals surface area contributed by atoms with E-state index in [0.717, 1.165) is 0 Å². The minimum atomic E-state index is -1.38. The van der Waals surface area contributed by atoms with E-state index in [1.807, 2.05) is 22.6 Å². The van der Waals surface area contributed by atoms with E-state index in [9.17, 15) is 29.4 Å². The Bertz CT molecular complexity index is 1400. The molecule has 0 saturated carbocycles. The number of aliphatic hydroxyl groups excluding tert-OH is 2. The Morgan fingerprint density at radius 1 is 1.09 bits per heavy atom. The molecule has 2 aromatic rings. The summed E-state index contributed by atoms with van der Waals surface area (Å²) in [6.07, 6.45) is -0.329. The fourth-order valence-electron chi connectivity index (χ4n) is 4.89. The van der Waals surface area contributed by atoms with Crippen molar-refractivity contribution in [2.75, 3.05) is 41.0 Å². The molecule has 238 valence electrons. The molecule has 2 amide bonds. The van der Waals surface area contributed by atoms with Gasteiger partial charge in [0.1, 0.15) is 30.0 Å². The highest BCUT2D eigenvalue weighted by Crippen LogP contribution is 2.37. The fraction of sp³-hybridized carbons (Fsp3) is 0.419. The lowest BCUT2D eigenvalue weighted by molar-refractivity contribution is -0.149. The number of benzene rings is 2. The number of rotatable bonds is 15. The van der Waals surface area contributed by atoms with Crippen LogP contribution in [0.4, 0.5) is 0 Å². The van der Waals surface area contributed by atoms with E-state index in [0.29, 0.717) is 32.5 Å². The molecule has 0 unspecified atom stereocenters. The third-order valence-corrected chi connectivity index (χ3v) is 7.99. The van der Waals surface area contributed by atoms with Crippen molar-refractivity contribution in [2.45, 2.75) is 44.4 Å². The molecule has 0 aromatic heterocycles. The first-order chi connectivity index (χ1) is 21.1. The van der Waals surface area contributed by atoms with E-state index < -0.39 is 35.8 Å². The van der Waals surface area contributed by atoms with Gasteiger partial charge in [0.15, 0.2) is 11.5 Å². The van der Waals surface area contributed by atoms with Crippen molar-refractivity contribution in [3.05, 3.63) is 56.7 Å². The second kappa shape index (κ2) is 16.4. The molecule has 3 N–H and O–H groups in total. The number of amides is 2. The van der Waals surface area contributed by atoms with E-state index >= 15 is 0 Å². The molecule has 3 atom stereocenters. The molecule has 0 heterocycles. The Kier molecular flexibility index (Phi) is 13.0. The highest BCUT2D eigenvalue weighted by Gasteiger charge is 2.42. The van der Waals surface area contributed by atoms with Gasteiger partial charge in [-0.2, -0.15) is 0 Å². The van der Waals surface area contributed by atoms with Crippen LogP contribution in [0.5, 0.6) is 23.0 Å². The molecular formula is C31H37IN2O10. The van der Waals surface area contributed by atoms with Gasteiger partial charge >= 0.3 is 0 Å². The Hall–Kier alpha value is -3.69. The SMILES string of the molecule is CCC(=O)C(=O)N(CCc1cc(OC)ccc1OC)[C@@H]1CC(C(=O)NCCO)=C[C@H](Oc2c(I)cc(C=O)cc2OC)[C@H]1O. The topological polar surface area (TPSA) is 161 Å². The van der Waals surface area contributed by atoms with Gasteiger partial charge in [-0.3, -0.25) is 19.2 Å². The molecular weight excluding hydrogens is 687 g/mol. The van der Waals surface area contributed by atoms with Crippen molar-refractivity contribution in [1.29, 1.82) is 0 Å². The normalized spacial score (nSPS) is 17.6. The molecule has 0 radical (unpaired) electrons. The number of ketones is 1. The Balaban J connectivity index is 2.06. The number of Topliss-reactive ketones (excluding diaryl/α,β-unsaturated/α-hetero) is 1. The van der Waals surface area contributed by atoms with Crippen molar-refractivity contribution < 1.29 is 48.3 Å². The summed E-state index contributed by atoms with van der Waals surface area (Å²) < 4.78 is 23.0. The van der Waals surface area contributed by atoms with Crippen LogP contribution in [0.2, 0.25) is 0 Å². The van der Waals surface area contributed by atoms with Gasteiger partial charge in [-0.15, -0.1) is 0 Å². The number of aldehydes is 1. The lowest BCUT2D eigenvalue weighted by Gasteiger charge is -2.40. The molecule has 0 fully saturated rings. The summed E-state index contributed by atoms with van der Waals surface area (Å²) in [5, 5.41) is 23.5. The van der Waals surface area contributed by atoms with Gasteiger partial charge in [0, 0.05) is 37.1 Å². The van der Waals surface area contributed by atoms with Gasteiger partial charge in [0.25, 0.3) is 5.91 Å². The zero-order chi connectivity index (χ0) is 32.4. The molecule has 3 rings (SSSR count). The van der Waals surface area contributed by atoms with Gasteiger partial charge in [-0.05, 0) is 71.0 Å².